The quantitative estimate of drug-likeness (QED) is 0.381. The summed E-state index contributed by atoms with van der Waals surface area (Å²) in [5.41, 5.74) is 0.986. The lowest BCUT2D eigenvalue weighted by molar-refractivity contribution is -0.0364. The van der Waals surface area contributed by atoms with Gasteiger partial charge in [0.05, 0.1) is 24.0 Å². The Hall–Kier alpha value is -3.60. The van der Waals surface area contributed by atoms with Crippen molar-refractivity contribution in [1.82, 2.24) is 29.1 Å². The molecule has 2 fully saturated rings. The van der Waals surface area contributed by atoms with E-state index in [1.807, 2.05) is 0 Å². The molecule has 2 saturated heterocycles. The maximum atomic E-state index is 13.3. The zero-order valence-corrected chi connectivity index (χ0v) is 22.7. The number of aliphatic hydroxyl groups is 1. The lowest BCUT2D eigenvalue weighted by atomic mass is 9.91. The first-order valence-corrected chi connectivity index (χ1v) is 13.9. The van der Waals surface area contributed by atoms with E-state index in [9.17, 15) is 14.3 Å². The van der Waals surface area contributed by atoms with Crippen LogP contribution in [0.15, 0.2) is 65.8 Å². The molecule has 0 saturated carbocycles. The number of hydrogen-bond donors (Lipinski definition) is 1. The minimum Gasteiger partial charge on any atom is -0.490 e. The highest BCUT2D eigenvalue weighted by atomic mass is 19.1. The molecule has 4 aromatic rings. The van der Waals surface area contributed by atoms with E-state index in [0.717, 1.165) is 51.3 Å². The first kappa shape index (κ1) is 26.6. The fourth-order valence-electron chi connectivity index (χ4n) is 5.66. The molecule has 0 aliphatic carbocycles. The standard InChI is InChI=1S/C30H35FN6O3/c1-34-14-10-26(11-15-34)40-25-8-2-22(3-9-25)19-35-16-12-30(39,13-17-35)20-36-21-32-28-27(29(36)38)18-33-37(28)24-6-4-23(31)5-7-24/h2-9,18,21,26,39H,10-17,19-20H2,1H3. The number of halogens is 1. The monoisotopic (exact) mass is 546 g/mol. The Morgan fingerprint density at radius 3 is 2.42 bits per heavy atom. The molecule has 0 radical (unpaired) electrons. The Morgan fingerprint density at radius 2 is 1.73 bits per heavy atom. The Balaban J connectivity index is 1.05. The molecule has 2 aromatic heterocycles. The van der Waals surface area contributed by atoms with Gasteiger partial charge in [-0.2, -0.15) is 5.10 Å². The molecule has 0 unspecified atom stereocenters. The SMILES string of the molecule is CN1CCC(Oc2ccc(CN3CCC(O)(Cn4cnc5c(cnn5-c5ccc(F)cc5)c4=O)CC3)cc2)CC1. The highest BCUT2D eigenvalue weighted by Gasteiger charge is 2.33. The molecule has 2 aliphatic heterocycles. The maximum Gasteiger partial charge on any atom is 0.264 e. The summed E-state index contributed by atoms with van der Waals surface area (Å²) < 4.78 is 22.5. The van der Waals surface area contributed by atoms with Gasteiger partial charge in [-0.15, -0.1) is 0 Å². The smallest absolute Gasteiger partial charge is 0.264 e. The number of nitrogens with zero attached hydrogens (tertiary/aromatic N) is 6. The van der Waals surface area contributed by atoms with Crippen molar-refractivity contribution in [3.8, 4) is 11.4 Å². The second-order valence-electron chi connectivity index (χ2n) is 11.2. The largest absolute Gasteiger partial charge is 0.490 e. The molecule has 1 N–H and O–H groups in total. The predicted octanol–water partition coefficient (Wildman–Crippen LogP) is 3.22. The molecule has 0 spiro atoms. The summed E-state index contributed by atoms with van der Waals surface area (Å²) in [5.74, 6) is 0.575. The summed E-state index contributed by atoms with van der Waals surface area (Å²) in [6.45, 7) is 4.60. The van der Waals surface area contributed by atoms with E-state index in [-0.39, 0.29) is 24.0 Å². The molecule has 9 nitrogen and oxygen atoms in total. The van der Waals surface area contributed by atoms with E-state index in [4.69, 9.17) is 4.74 Å². The zero-order chi connectivity index (χ0) is 27.7. The lowest BCUT2D eigenvalue weighted by Crippen LogP contribution is -2.47. The van der Waals surface area contributed by atoms with Crippen molar-refractivity contribution in [3.63, 3.8) is 0 Å². The molecule has 10 heteroatoms. The van der Waals surface area contributed by atoms with E-state index < -0.39 is 5.60 Å². The highest BCUT2D eigenvalue weighted by molar-refractivity contribution is 5.74. The maximum absolute atomic E-state index is 13.3. The summed E-state index contributed by atoms with van der Waals surface area (Å²) in [6.07, 6.45) is 6.46. The van der Waals surface area contributed by atoms with Gasteiger partial charge in [-0.3, -0.25) is 14.3 Å². The van der Waals surface area contributed by atoms with Crippen molar-refractivity contribution < 1.29 is 14.2 Å². The molecule has 0 bridgehead atoms. The van der Waals surface area contributed by atoms with Crippen LogP contribution >= 0.6 is 0 Å². The van der Waals surface area contributed by atoms with Crippen molar-refractivity contribution in [3.05, 3.63) is 82.8 Å². The van der Waals surface area contributed by atoms with Gasteiger partial charge in [-0.05, 0) is 74.7 Å². The molecule has 6 rings (SSSR count). The number of piperidine rings is 2. The van der Waals surface area contributed by atoms with Crippen LogP contribution in [0.2, 0.25) is 0 Å². The van der Waals surface area contributed by atoms with E-state index >= 15 is 0 Å². The van der Waals surface area contributed by atoms with Crippen LogP contribution in [-0.2, 0) is 13.1 Å². The van der Waals surface area contributed by atoms with Crippen molar-refractivity contribution in [2.24, 2.45) is 0 Å². The number of likely N-dealkylation sites (tertiary alicyclic amines) is 2. The first-order chi connectivity index (χ1) is 19.3. The minimum absolute atomic E-state index is 0.174. The number of ether oxygens (including phenoxy) is 1. The summed E-state index contributed by atoms with van der Waals surface area (Å²) in [7, 11) is 2.15. The highest BCUT2D eigenvalue weighted by Crippen LogP contribution is 2.26. The van der Waals surface area contributed by atoms with E-state index in [1.165, 1.54) is 39.5 Å². The van der Waals surface area contributed by atoms with Crippen LogP contribution in [0.4, 0.5) is 4.39 Å². The summed E-state index contributed by atoms with van der Waals surface area (Å²) in [5, 5.41) is 16.0. The average molecular weight is 547 g/mol. The van der Waals surface area contributed by atoms with E-state index in [1.54, 1.807) is 12.1 Å². The summed E-state index contributed by atoms with van der Waals surface area (Å²) >= 11 is 0. The fourth-order valence-corrected chi connectivity index (χ4v) is 5.66. The molecule has 2 aliphatic rings. The van der Waals surface area contributed by atoms with Gasteiger partial charge in [-0.1, -0.05) is 12.1 Å². The summed E-state index contributed by atoms with van der Waals surface area (Å²) in [6, 6.07) is 14.2. The van der Waals surface area contributed by atoms with Gasteiger partial charge in [0.15, 0.2) is 5.65 Å². The summed E-state index contributed by atoms with van der Waals surface area (Å²) in [4.78, 5) is 22.3. The number of rotatable bonds is 7. The van der Waals surface area contributed by atoms with Gasteiger partial charge in [0.25, 0.3) is 5.56 Å². The van der Waals surface area contributed by atoms with Gasteiger partial charge < -0.3 is 14.7 Å². The molecule has 2 aromatic carbocycles. The van der Waals surface area contributed by atoms with E-state index in [0.29, 0.717) is 29.6 Å². The Morgan fingerprint density at radius 1 is 1.02 bits per heavy atom. The van der Waals surface area contributed by atoms with Crippen molar-refractivity contribution in [2.45, 2.75) is 50.5 Å². The van der Waals surface area contributed by atoms with Crippen molar-refractivity contribution in [1.29, 1.82) is 0 Å². The fraction of sp³-hybridized carbons (Fsp3) is 0.433. The third-order valence-electron chi connectivity index (χ3n) is 8.18. The number of benzene rings is 2. The molecule has 0 amide bonds. The zero-order valence-electron chi connectivity index (χ0n) is 22.7. The second kappa shape index (κ2) is 11.1. The first-order valence-electron chi connectivity index (χ1n) is 13.9. The predicted molar refractivity (Wildman–Crippen MR) is 150 cm³/mol. The van der Waals surface area contributed by atoms with Gasteiger partial charge in [0.1, 0.15) is 29.4 Å². The van der Waals surface area contributed by atoms with Crippen LogP contribution in [0.25, 0.3) is 16.7 Å². The van der Waals surface area contributed by atoms with Crippen LogP contribution in [0.5, 0.6) is 5.75 Å². The van der Waals surface area contributed by atoms with Crippen molar-refractivity contribution in [2.75, 3.05) is 33.2 Å². The Labute approximate surface area is 232 Å². The average Bonchev–Trinajstić information content (AvgIpc) is 3.39. The molecular weight excluding hydrogens is 511 g/mol. The van der Waals surface area contributed by atoms with Gasteiger partial charge in [0.2, 0.25) is 0 Å². The third kappa shape index (κ3) is 5.79. The van der Waals surface area contributed by atoms with Crippen LogP contribution < -0.4 is 10.3 Å². The number of aromatic nitrogens is 4. The van der Waals surface area contributed by atoms with Crippen molar-refractivity contribution >= 4 is 11.0 Å². The van der Waals surface area contributed by atoms with Gasteiger partial charge >= 0.3 is 0 Å². The molecular formula is C30H35FN6O3. The lowest BCUT2D eigenvalue weighted by Gasteiger charge is -2.38. The van der Waals surface area contributed by atoms with Gasteiger partial charge in [0, 0.05) is 32.7 Å². The van der Waals surface area contributed by atoms with Crippen LogP contribution in [0.3, 0.4) is 0 Å². The Kier molecular flexibility index (Phi) is 7.39. The van der Waals surface area contributed by atoms with Crippen LogP contribution in [-0.4, -0.2) is 79.2 Å². The second-order valence-corrected chi connectivity index (χ2v) is 11.2. The normalized spacial score (nSPS) is 18.8. The molecule has 210 valence electrons. The van der Waals surface area contributed by atoms with E-state index in [2.05, 4.69) is 51.2 Å². The molecule has 40 heavy (non-hydrogen) atoms. The van der Waals surface area contributed by atoms with Gasteiger partial charge in [-0.25, -0.2) is 14.1 Å². The number of fused-ring (bicyclic) bond motifs is 1. The Bertz CT molecular complexity index is 1500. The molecule has 4 heterocycles. The minimum atomic E-state index is -0.992. The third-order valence-corrected chi connectivity index (χ3v) is 8.18. The van der Waals surface area contributed by atoms with Crippen LogP contribution in [0.1, 0.15) is 31.2 Å². The van der Waals surface area contributed by atoms with Crippen LogP contribution in [0, 0.1) is 5.82 Å². The number of hydrogen-bond acceptors (Lipinski definition) is 7. The topological polar surface area (TPSA) is 88.7 Å². The molecule has 0 atom stereocenters.